The lowest BCUT2D eigenvalue weighted by Gasteiger charge is -2.35. The van der Waals surface area contributed by atoms with Crippen LogP contribution in [-0.4, -0.2) is 67.1 Å². The van der Waals surface area contributed by atoms with Gasteiger partial charge in [-0.05, 0) is 41.3 Å². The van der Waals surface area contributed by atoms with Crippen molar-refractivity contribution < 1.29 is 19.3 Å². The fourth-order valence-electron chi connectivity index (χ4n) is 3.92. The van der Waals surface area contributed by atoms with Crippen LogP contribution < -0.4 is 14.2 Å². The lowest BCUT2D eigenvalue weighted by Crippen LogP contribution is -2.48. The van der Waals surface area contributed by atoms with Crippen molar-refractivity contribution in [1.82, 2.24) is 9.80 Å². The first-order chi connectivity index (χ1) is 14.6. The molecule has 2 aromatic rings. The van der Waals surface area contributed by atoms with Gasteiger partial charge in [0.1, 0.15) is 18.5 Å². The van der Waals surface area contributed by atoms with Crippen LogP contribution >= 0.6 is 0 Å². The average Bonchev–Trinajstić information content (AvgIpc) is 3.22. The van der Waals surface area contributed by atoms with Gasteiger partial charge < -0.3 is 19.3 Å². The lowest BCUT2D eigenvalue weighted by atomic mass is 10.0. The van der Waals surface area contributed by atoms with Gasteiger partial charge in [0.05, 0.1) is 0 Å². The Morgan fingerprint density at radius 2 is 1.63 bits per heavy atom. The second-order valence-electron chi connectivity index (χ2n) is 8.45. The van der Waals surface area contributed by atoms with Gasteiger partial charge in [-0.2, -0.15) is 0 Å². The van der Waals surface area contributed by atoms with E-state index < -0.39 is 6.10 Å². The van der Waals surface area contributed by atoms with Crippen LogP contribution in [0.1, 0.15) is 30.9 Å². The maximum Gasteiger partial charge on any atom is 0.231 e. The summed E-state index contributed by atoms with van der Waals surface area (Å²) in [6, 6.07) is 14.3. The van der Waals surface area contributed by atoms with Crippen molar-refractivity contribution in [1.29, 1.82) is 0 Å². The highest BCUT2D eigenvalue weighted by Gasteiger charge is 2.21. The van der Waals surface area contributed by atoms with Crippen LogP contribution in [0.25, 0.3) is 0 Å². The van der Waals surface area contributed by atoms with Crippen molar-refractivity contribution >= 4 is 0 Å². The van der Waals surface area contributed by atoms with Crippen LogP contribution in [0.3, 0.4) is 0 Å². The topological polar surface area (TPSA) is 54.4 Å². The Hall–Kier alpha value is -2.28. The monoisotopic (exact) mass is 412 g/mol. The van der Waals surface area contributed by atoms with E-state index in [2.05, 4.69) is 47.9 Å². The third kappa shape index (κ3) is 5.45. The number of hydrogen-bond donors (Lipinski definition) is 1. The van der Waals surface area contributed by atoms with Crippen molar-refractivity contribution in [3.05, 3.63) is 53.6 Å². The predicted octanol–water partition coefficient (Wildman–Crippen LogP) is 3.10. The standard InChI is InChI=1S/C24H32N2O4/c1-18(2)20-4-6-22(7-5-20)28-16-21(27)15-26-11-9-25(10-12-26)14-19-3-8-23-24(13-19)30-17-29-23/h3-8,13,18,21,27H,9-12,14-17H2,1-2H3/t21-/m0/s1. The van der Waals surface area contributed by atoms with E-state index in [0.29, 0.717) is 25.9 Å². The Balaban J connectivity index is 1.17. The molecule has 0 radical (unpaired) electrons. The molecule has 0 saturated carbocycles. The molecular formula is C24H32N2O4. The van der Waals surface area contributed by atoms with E-state index in [1.54, 1.807) is 0 Å². The fourth-order valence-corrected chi connectivity index (χ4v) is 3.92. The zero-order valence-corrected chi connectivity index (χ0v) is 17.9. The highest BCUT2D eigenvalue weighted by atomic mass is 16.7. The number of β-amino-alcohol motifs (C(OH)–C–C–N with tert-alkyl or cyclic N) is 1. The molecule has 0 aliphatic carbocycles. The summed E-state index contributed by atoms with van der Waals surface area (Å²) in [7, 11) is 0. The van der Waals surface area contributed by atoms with Crippen LogP contribution in [0.2, 0.25) is 0 Å². The zero-order valence-electron chi connectivity index (χ0n) is 17.9. The molecule has 1 atom stereocenters. The molecule has 1 fully saturated rings. The summed E-state index contributed by atoms with van der Waals surface area (Å²) in [5, 5.41) is 10.4. The maximum atomic E-state index is 10.4. The van der Waals surface area contributed by atoms with E-state index in [1.807, 2.05) is 18.2 Å². The van der Waals surface area contributed by atoms with E-state index in [4.69, 9.17) is 14.2 Å². The summed E-state index contributed by atoms with van der Waals surface area (Å²) < 4.78 is 16.6. The van der Waals surface area contributed by atoms with Gasteiger partial charge in [0, 0.05) is 39.3 Å². The molecule has 2 aromatic carbocycles. The second kappa shape index (κ2) is 9.69. The van der Waals surface area contributed by atoms with Gasteiger partial charge in [0.25, 0.3) is 0 Å². The average molecular weight is 413 g/mol. The summed E-state index contributed by atoms with van der Waals surface area (Å²) in [5.74, 6) is 2.99. The number of aliphatic hydroxyl groups excluding tert-OH is 1. The predicted molar refractivity (Wildman–Crippen MR) is 116 cm³/mol. The van der Waals surface area contributed by atoms with Gasteiger partial charge in [-0.1, -0.05) is 32.0 Å². The fraction of sp³-hybridized carbons (Fsp3) is 0.500. The number of fused-ring (bicyclic) bond motifs is 1. The van der Waals surface area contributed by atoms with Gasteiger partial charge >= 0.3 is 0 Å². The Morgan fingerprint density at radius 3 is 2.37 bits per heavy atom. The first-order valence-corrected chi connectivity index (χ1v) is 10.8. The molecule has 0 spiro atoms. The second-order valence-corrected chi connectivity index (χ2v) is 8.45. The van der Waals surface area contributed by atoms with Gasteiger partial charge in [-0.15, -0.1) is 0 Å². The van der Waals surface area contributed by atoms with Gasteiger partial charge in [0.2, 0.25) is 6.79 Å². The smallest absolute Gasteiger partial charge is 0.231 e. The molecule has 2 aliphatic rings. The van der Waals surface area contributed by atoms with E-state index in [9.17, 15) is 5.11 Å². The first kappa shape index (κ1) is 21.0. The third-order valence-electron chi connectivity index (χ3n) is 5.77. The number of piperazine rings is 1. The highest BCUT2D eigenvalue weighted by molar-refractivity contribution is 5.44. The minimum atomic E-state index is -0.491. The molecule has 2 heterocycles. The number of rotatable bonds is 8. The molecular weight excluding hydrogens is 380 g/mol. The Kier molecular flexibility index (Phi) is 6.77. The minimum absolute atomic E-state index is 0.312. The summed E-state index contributed by atoms with van der Waals surface area (Å²) in [6.45, 7) is 10.4. The van der Waals surface area contributed by atoms with E-state index >= 15 is 0 Å². The molecule has 1 saturated heterocycles. The Morgan fingerprint density at radius 1 is 0.933 bits per heavy atom. The molecule has 0 unspecified atom stereocenters. The van der Waals surface area contributed by atoms with Gasteiger partial charge in [-0.3, -0.25) is 9.80 Å². The minimum Gasteiger partial charge on any atom is -0.491 e. The number of benzene rings is 2. The molecule has 1 N–H and O–H groups in total. The van der Waals surface area contributed by atoms with Gasteiger partial charge in [0.15, 0.2) is 11.5 Å². The molecule has 6 nitrogen and oxygen atoms in total. The summed E-state index contributed by atoms with van der Waals surface area (Å²) >= 11 is 0. The molecule has 6 heteroatoms. The molecule has 0 bridgehead atoms. The maximum absolute atomic E-state index is 10.4. The van der Waals surface area contributed by atoms with Crippen molar-refractivity contribution in [2.75, 3.05) is 46.1 Å². The molecule has 0 aromatic heterocycles. The quantitative estimate of drug-likeness (QED) is 0.719. The van der Waals surface area contributed by atoms with Crippen LogP contribution in [-0.2, 0) is 6.54 Å². The summed E-state index contributed by atoms with van der Waals surface area (Å²) in [5.41, 5.74) is 2.53. The van der Waals surface area contributed by atoms with Crippen LogP contribution in [0.15, 0.2) is 42.5 Å². The highest BCUT2D eigenvalue weighted by Crippen LogP contribution is 2.32. The van der Waals surface area contributed by atoms with Crippen LogP contribution in [0, 0.1) is 0 Å². The molecule has 0 amide bonds. The van der Waals surface area contributed by atoms with E-state index in [1.165, 1.54) is 11.1 Å². The van der Waals surface area contributed by atoms with Gasteiger partial charge in [-0.25, -0.2) is 0 Å². The number of aliphatic hydroxyl groups is 1. The van der Waals surface area contributed by atoms with Crippen molar-refractivity contribution in [3.63, 3.8) is 0 Å². The lowest BCUT2D eigenvalue weighted by molar-refractivity contribution is 0.0446. The molecule has 4 rings (SSSR count). The largest absolute Gasteiger partial charge is 0.491 e. The zero-order chi connectivity index (χ0) is 20.9. The van der Waals surface area contributed by atoms with E-state index in [0.717, 1.165) is 50.0 Å². The normalized spacial score (nSPS) is 18.0. The van der Waals surface area contributed by atoms with Crippen LogP contribution in [0.4, 0.5) is 0 Å². The Labute approximate surface area is 179 Å². The number of ether oxygens (including phenoxy) is 3. The van der Waals surface area contributed by atoms with Crippen LogP contribution in [0.5, 0.6) is 17.2 Å². The van der Waals surface area contributed by atoms with E-state index in [-0.39, 0.29) is 0 Å². The van der Waals surface area contributed by atoms with Crippen molar-refractivity contribution in [2.45, 2.75) is 32.4 Å². The number of hydrogen-bond acceptors (Lipinski definition) is 6. The molecule has 2 aliphatic heterocycles. The SMILES string of the molecule is CC(C)c1ccc(OC[C@@H](O)CN2CCN(Cc3ccc4c(c3)OCO4)CC2)cc1. The van der Waals surface area contributed by atoms with Crippen molar-refractivity contribution in [2.24, 2.45) is 0 Å². The summed E-state index contributed by atoms with van der Waals surface area (Å²) in [4.78, 5) is 4.75. The molecule has 30 heavy (non-hydrogen) atoms. The Bertz CT molecular complexity index is 816. The summed E-state index contributed by atoms with van der Waals surface area (Å²) in [6.07, 6.45) is -0.491. The van der Waals surface area contributed by atoms with Crippen molar-refractivity contribution in [3.8, 4) is 17.2 Å². The first-order valence-electron chi connectivity index (χ1n) is 10.8. The molecule has 162 valence electrons. The number of nitrogens with zero attached hydrogens (tertiary/aromatic N) is 2. The third-order valence-corrected chi connectivity index (χ3v) is 5.77.